The van der Waals surface area contributed by atoms with Crippen molar-refractivity contribution >= 4 is 26.8 Å². The fourth-order valence-corrected chi connectivity index (χ4v) is 3.05. The number of aromatic amines is 1. The Balaban J connectivity index is 1.98. The Hall–Kier alpha value is -1.14. The van der Waals surface area contributed by atoms with E-state index in [1.165, 1.54) is 0 Å². The zero-order valence-electron chi connectivity index (χ0n) is 10.6. The number of nitrogens with one attached hydrogen (secondary N) is 1. The summed E-state index contributed by atoms with van der Waals surface area (Å²) in [4.78, 5) is 12.4. The van der Waals surface area contributed by atoms with Gasteiger partial charge >= 0.3 is 0 Å². The van der Waals surface area contributed by atoms with Crippen molar-refractivity contribution in [2.24, 2.45) is 5.92 Å². The van der Waals surface area contributed by atoms with Crippen LogP contribution in [-0.2, 0) is 16.6 Å². The van der Waals surface area contributed by atoms with Crippen molar-refractivity contribution in [2.45, 2.75) is 24.7 Å². The van der Waals surface area contributed by atoms with Crippen molar-refractivity contribution in [3.8, 4) is 0 Å². The molecule has 0 radical (unpaired) electrons. The molecule has 3 heterocycles. The average molecular weight is 326 g/mol. The van der Waals surface area contributed by atoms with Crippen molar-refractivity contribution in [1.29, 1.82) is 0 Å². The van der Waals surface area contributed by atoms with E-state index in [-0.39, 0.29) is 5.56 Å². The molecule has 0 unspecified atom stereocenters. The fourth-order valence-electron chi connectivity index (χ4n) is 2.60. The minimum Gasteiger partial charge on any atom is -0.381 e. The van der Waals surface area contributed by atoms with Gasteiger partial charge in [-0.05, 0) is 24.3 Å². The third-order valence-corrected chi connectivity index (χ3v) is 4.31. The number of fused-ring (bicyclic) bond motifs is 1. The Kier molecular flexibility index (Phi) is 3.70. The van der Waals surface area contributed by atoms with E-state index in [0.29, 0.717) is 11.4 Å². The molecule has 6 heteroatoms. The van der Waals surface area contributed by atoms with E-state index >= 15 is 0 Å². The number of alkyl halides is 1. The summed E-state index contributed by atoms with van der Waals surface area (Å²) >= 11 is 3.47. The number of aromatic nitrogens is 3. The maximum atomic E-state index is 12.4. The summed E-state index contributed by atoms with van der Waals surface area (Å²) in [5.74, 6) is 0.519. The minimum absolute atomic E-state index is 0.00700. The maximum Gasteiger partial charge on any atom is 0.278 e. The lowest BCUT2D eigenvalue weighted by molar-refractivity contribution is 0.0610. The first-order chi connectivity index (χ1) is 9.29. The van der Waals surface area contributed by atoms with Crippen molar-refractivity contribution in [3.63, 3.8) is 0 Å². The molecule has 1 aliphatic heterocycles. The van der Waals surface area contributed by atoms with Crippen LogP contribution in [0.1, 0.15) is 18.4 Å². The van der Waals surface area contributed by atoms with Crippen molar-refractivity contribution < 1.29 is 4.74 Å². The monoisotopic (exact) mass is 325 g/mol. The van der Waals surface area contributed by atoms with Crippen LogP contribution in [0.3, 0.4) is 0 Å². The highest BCUT2D eigenvalue weighted by molar-refractivity contribution is 9.08. The van der Waals surface area contributed by atoms with Crippen LogP contribution in [0, 0.1) is 5.92 Å². The first-order valence-electron chi connectivity index (χ1n) is 6.49. The van der Waals surface area contributed by atoms with E-state index in [1.807, 2.05) is 6.20 Å². The van der Waals surface area contributed by atoms with Gasteiger partial charge in [-0.2, -0.15) is 5.10 Å². The van der Waals surface area contributed by atoms with Gasteiger partial charge in [-0.1, -0.05) is 15.9 Å². The predicted octanol–water partition coefficient (Wildman–Crippen LogP) is 2.05. The Morgan fingerprint density at radius 1 is 1.47 bits per heavy atom. The minimum atomic E-state index is -0.00700. The van der Waals surface area contributed by atoms with Crippen LogP contribution >= 0.6 is 15.9 Å². The second-order valence-electron chi connectivity index (χ2n) is 4.95. The normalized spacial score (nSPS) is 17.1. The molecule has 102 valence electrons. The first kappa shape index (κ1) is 12.9. The largest absolute Gasteiger partial charge is 0.381 e. The van der Waals surface area contributed by atoms with Gasteiger partial charge in [0.2, 0.25) is 0 Å². The lowest BCUT2D eigenvalue weighted by Crippen LogP contribution is -2.27. The Morgan fingerprint density at radius 2 is 2.26 bits per heavy atom. The SMILES string of the molecule is O=c1c2n[nH]cc2c(CBr)cn1CC1CCOCC1. The van der Waals surface area contributed by atoms with Gasteiger partial charge in [0.15, 0.2) is 5.52 Å². The Labute approximate surface area is 119 Å². The Bertz CT molecular complexity index is 628. The summed E-state index contributed by atoms with van der Waals surface area (Å²) in [5.41, 5.74) is 1.62. The van der Waals surface area contributed by atoms with Gasteiger partial charge in [0.25, 0.3) is 5.56 Å². The molecule has 1 fully saturated rings. The molecule has 0 aliphatic carbocycles. The molecular weight excluding hydrogens is 310 g/mol. The molecule has 0 bridgehead atoms. The molecule has 0 spiro atoms. The van der Waals surface area contributed by atoms with Crippen LogP contribution in [0.25, 0.3) is 10.9 Å². The molecule has 1 saturated heterocycles. The molecule has 1 aliphatic rings. The van der Waals surface area contributed by atoms with Crippen LogP contribution in [-0.4, -0.2) is 28.0 Å². The van der Waals surface area contributed by atoms with Gasteiger partial charge in [0.05, 0.1) is 0 Å². The first-order valence-corrected chi connectivity index (χ1v) is 7.61. The highest BCUT2D eigenvalue weighted by Crippen LogP contribution is 2.19. The van der Waals surface area contributed by atoms with Crippen LogP contribution < -0.4 is 5.56 Å². The molecule has 3 rings (SSSR count). The van der Waals surface area contributed by atoms with E-state index in [1.54, 1.807) is 10.8 Å². The van der Waals surface area contributed by atoms with Crippen LogP contribution in [0.2, 0.25) is 0 Å². The number of rotatable bonds is 3. The van der Waals surface area contributed by atoms with Gasteiger partial charge < -0.3 is 9.30 Å². The van der Waals surface area contributed by atoms with Crippen LogP contribution in [0.5, 0.6) is 0 Å². The highest BCUT2D eigenvalue weighted by atomic mass is 79.9. The number of hydrogen-bond acceptors (Lipinski definition) is 3. The molecule has 0 atom stereocenters. The molecule has 0 amide bonds. The number of pyridine rings is 1. The second-order valence-corrected chi connectivity index (χ2v) is 5.51. The number of halogens is 1. The fraction of sp³-hybridized carbons (Fsp3) is 0.538. The average Bonchev–Trinajstić information content (AvgIpc) is 2.93. The second kappa shape index (κ2) is 5.46. The molecule has 5 nitrogen and oxygen atoms in total. The molecule has 0 saturated carbocycles. The lowest BCUT2D eigenvalue weighted by Gasteiger charge is -2.23. The summed E-state index contributed by atoms with van der Waals surface area (Å²) in [6.45, 7) is 2.36. The van der Waals surface area contributed by atoms with E-state index in [4.69, 9.17) is 4.74 Å². The van der Waals surface area contributed by atoms with E-state index in [2.05, 4.69) is 26.1 Å². The molecule has 0 aromatic carbocycles. The third kappa shape index (κ3) is 2.47. The quantitative estimate of drug-likeness (QED) is 0.878. The van der Waals surface area contributed by atoms with Gasteiger partial charge in [-0.25, -0.2) is 0 Å². The molecule has 1 N–H and O–H groups in total. The summed E-state index contributed by atoms with van der Waals surface area (Å²) < 4.78 is 7.16. The maximum absolute atomic E-state index is 12.4. The number of hydrogen-bond donors (Lipinski definition) is 1. The Morgan fingerprint density at radius 3 is 3.00 bits per heavy atom. The van der Waals surface area contributed by atoms with Crippen molar-refractivity contribution in [1.82, 2.24) is 14.8 Å². The summed E-state index contributed by atoms with van der Waals surface area (Å²) in [6.07, 6.45) is 5.78. The van der Waals surface area contributed by atoms with Crippen LogP contribution in [0.4, 0.5) is 0 Å². The molecule has 2 aromatic rings. The highest BCUT2D eigenvalue weighted by Gasteiger charge is 2.17. The van der Waals surface area contributed by atoms with Gasteiger partial charge in [0.1, 0.15) is 0 Å². The summed E-state index contributed by atoms with van der Waals surface area (Å²) in [6, 6.07) is 0. The summed E-state index contributed by atoms with van der Waals surface area (Å²) in [7, 11) is 0. The molecule has 2 aromatic heterocycles. The number of nitrogens with zero attached hydrogens (tertiary/aromatic N) is 2. The van der Waals surface area contributed by atoms with Gasteiger partial charge in [-0.3, -0.25) is 9.89 Å². The van der Waals surface area contributed by atoms with E-state index < -0.39 is 0 Å². The number of H-pyrrole nitrogens is 1. The molecule has 19 heavy (non-hydrogen) atoms. The topological polar surface area (TPSA) is 59.9 Å². The van der Waals surface area contributed by atoms with Crippen molar-refractivity contribution in [2.75, 3.05) is 13.2 Å². The molecular formula is C13H16BrN3O2. The third-order valence-electron chi connectivity index (χ3n) is 3.70. The summed E-state index contributed by atoms with van der Waals surface area (Å²) in [5, 5.41) is 8.48. The zero-order chi connectivity index (χ0) is 13.2. The van der Waals surface area contributed by atoms with E-state index in [9.17, 15) is 4.79 Å². The smallest absolute Gasteiger partial charge is 0.278 e. The van der Waals surface area contributed by atoms with Crippen LogP contribution in [0.15, 0.2) is 17.2 Å². The van der Waals surface area contributed by atoms with E-state index in [0.717, 1.165) is 48.9 Å². The van der Waals surface area contributed by atoms with Crippen molar-refractivity contribution in [3.05, 3.63) is 28.3 Å². The van der Waals surface area contributed by atoms with Gasteiger partial charge in [0, 0.05) is 42.9 Å². The number of ether oxygens (including phenoxy) is 1. The van der Waals surface area contributed by atoms with Gasteiger partial charge in [-0.15, -0.1) is 0 Å². The predicted molar refractivity (Wildman–Crippen MR) is 76.5 cm³/mol. The lowest BCUT2D eigenvalue weighted by atomic mass is 10.0. The zero-order valence-corrected chi connectivity index (χ0v) is 12.1. The standard InChI is InChI=1S/C13H16BrN3O2/c14-5-10-8-17(7-9-1-3-19-4-2-9)13(18)12-11(10)6-15-16-12/h6,8-9H,1-5,7H2,(H,15,16).